The first-order valence-electron chi connectivity index (χ1n) is 11.3. The summed E-state index contributed by atoms with van der Waals surface area (Å²) in [4.78, 5) is 5.62. The molecule has 0 unspecified atom stereocenters. The van der Waals surface area contributed by atoms with E-state index in [1.165, 1.54) is 22.3 Å². The number of nitrogens with zero attached hydrogens (tertiary/aromatic N) is 3. The van der Waals surface area contributed by atoms with Crippen molar-refractivity contribution in [1.82, 2.24) is 10.2 Å². The molecule has 4 rings (SSSR count). The van der Waals surface area contributed by atoms with Crippen LogP contribution in [0.15, 0.2) is 52.0 Å². The lowest BCUT2D eigenvalue weighted by Crippen LogP contribution is -2.04. The Morgan fingerprint density at radius 3 is 2.32 bits per heavy atom. The number of unbranched alkanes of at least 4 members (excludes halogenated alkanes) is 2. The molecular weight excluding hydrogens is 386 g/mol. The number of aryl methyl sites for hydroxylation is 2. The Morgan fingerprint density at radius 1 is 0.839 bits per heavy atom. The molecule has 5 heteroatoms. The van der Waals surface area contributed by atoms with Crippen LogP contribution in [0.3, 0.4) is 0 Å². The molecule has 0 N–H and O–H groups in total. The van der Waals surface area contributed by atoms with Crippen molar-refractivity contribution in [2.24, 2.45) is 5.16 Å². The first-order valence-corrected chi connectivity index (χ1v) is 11.3. The van der Waals surface area contributed by atoms with Crippen LogP contribution in [-0.4, -0.2) is 22.0 Å². The van der Waals surface area contributed by atoms with Crippen molar-refractivity contribution < 1.29 is 9.25 Å². The Bertz CT molecular complexity index is 1070. The first-order chi connectivity index (χ1) is 15.0. The average Bonchev–Trinajstić information content (AvgIpc) is 3.35. The highest BCUT2D eigenvalue weighted by molar-refractivity contribution is 6.24. The summed E-state index contributed by atoms with van der Waals surface area (Å²) in [6.45, 7) is 8.13. The van der Waals surface area contributed by atoms with E-state index in [2.05, 4.69) is 71.7 Å². The molecule has 0 amide bonds. The van der Waals surface area contributed by atoms with Crippen LogP contribution in [0.1, 0.15) is 81.3 Å². The van der Waals surface area contributed by atoms with Gasteiger partial charge in [0.05, 0.1) is 0 Å². The third-order valence-corrected chi connectivity index (χ3v) is 5.50. The van der Waals surface area contributed by atoms with Crippen molar-refractivity contribution in [1.29, 1.82) is 0 Å². The molecule has 162 valence electrons. The third kappa shape index (κ3) is 4.87. The highest BCUT2D eigenvalue weighted by Gasteiger charge is 2.25. The maximum atomic E-state index is 5.70. The molecule has 5 nitrogen and oxygen atoms in total. The maximum Gasteiger partial charge on any atom is 0.219 e. The van der Waals surface area contributed by atoms with Gasteiger partial charge in [0.15, 0.2) is 0 Å². The van der Waals surface area contributed by atoms with Gasteiger partial charge in [-0.25, -0.2) is 0 Å². The maximum absolute atomic E-state index is 5.70. The fourth-order valence-corrected chi connectivity index (χ4v) is 3.89. The summed E-state index contributed by atoms with van der Waals surface area (Å²) in [5.41, 5.74) is 7.07. The Morgan fingerprint density at radius 2 is 1.58 bits per heavy atom. The lowest BCUT2D eigenvalue weighted by Gasteiger charge is -2.07. The van der Waals surface area contributed by atoms with Gasteiger partial charge in [0.2, 0.25) is 11.8 Å². The van der Waals surface area contributed by atoms with Crippen LogP contribution >= 0.6 is 0 Å². The number of aromatic nitrogens is 2. The van der Waals surface area contributed by atoms with E-state index in [9.17, 15) is 0 Å². The van der Waals surface area contributed by atoms with Gasteiger partial charge in [-0.2, -0.15) is 0 Å². The first kappa shape index (κ1) is 21.3. The van der Waals surface area contributed by atoms with Crippen LogP contribution in [-0.2, 0) is 17.7 Å². The summed E-state index contributed by atoms with van der Waals surface area (Å²) in [6, 6.07) is 15.2. The van der Waals surface area contributed by atoms with Gasteiger partial charge >= 0.3 is 0 Å². The van der Waals surface area contributed by atoms with E-state index in [0.717, 1.165) is 55.2 Å². The zero-order valence-electron chi connectivity index (χ0n) is 18.9. The second-order valence-corrected chi connectivity index (χ2v) is 8.77. The van der Waals surface area contributed by atoms with Crippen LogP contribution in [0.5, 0.6) is 0 Å². The van der Waals surface area contributed by atoms with Gasteiger partial charge in [-0.05, 0) is 55.9 Å². The lowest BCUT2D eigenvalue weighted by atomic mass is 9.99. The molecule has 0 radical (unpaired) electrons. The second-order valence-electron chi connectivity index (χ2n) is 8.77. The number of benzene rings is 2. The van der Waals surface area contributed by atoms with Crippen LogP contribution in [0.25, 0.3) is 11.1 Å². The fourth-order valence-electron chi connectivity index (χ4n) is 3.89. The molecule has 0 saturated carbocycles. The van der Waals surface area contributed by atoms with E-state index >= 15 is 0 Å². The molecule has 0 spiro atoms. The van der Waals surface area contributed by atoms with Gasteiger partial charge in [-0.3, -0.25) is 0 Å². The fraction of sp³-hybridized carbons (Fsp3) is 0.423. The molecule has 1 aliphatic rings. The number of oxime groups is 1. The molecule has 1 aromatic heterocycles. The minimum atomic E-state index is 0.0577. The van der Waals surface area contributed by atoms with Crippen molar-refractivity contribution in [2.45, 2.75) is 71.8 Å². The van der Waals surface area contributed by atoms with Gasteiger partial charge in [0, 0.05) is 23.5 Å². The summed E-state index contributed by atoms with van der Waals surface area (Å²) in [6.07, 6.45) is 5.28. The predicted molar refractivity (Wildman–Crippen MR) is 123 cm³/mol. The highest BCUT2D eigenvalue weighted by Crippen LogP contribution is 2.37. The Labute approximate surface area is 184 Å². The van der Waals surface area contributed by atoms with Gasteiger partial charge in [-0.15, -0.1) is 10.2 Å². The van der Waals surface area contributed by atoms with Crippen molar-refractivity contribution in [3.05, 3.63) is 70.9 Å². The second kappa shape index (κ2) is 9.46. The van der Waals surface area contributed by atoms with E-state index in [0.29, 0.717) is 0 Å². The third-order valence-electron chi connectivity index (χ3n) is 5.50. The van der Waals surface area contributed by atoms with Gasteiger partial charge < -0.3 is 9.25 Å². The lowest BCUT2D eigenvalue weighted by molar-refractivity contribution is 0.0863. The number of fused-ring (bicyclic) bond motifs is 3. The minimum Gasteiger partial charge on any atom is -0.425 e. The number of hydrogen-bond acceptors (Lipinski definition) is 5. The molecule has 1 heterocycles. The van der Waals surface area contributed by atoms with E-state index in [4.69, 9.17) is 9.25 Å². The Balaban J connectivity index is 1.38. The SMILES string of the molecule is CC(C)O/N=C1/c2ccccc2-c2ccc(CCCCCc3nnc(C(C)C)o3)cc21. The normalized spacial score (nSPS) is 13.8. The van der Waals surface area contributed by atoms with Gasteiger partial charge in [-0.1, -0.05) is 61.8 Å². The monoisotopic (exact) mass is 417 g/mol. The van der Waals surface area contributed by atoms with Crippen LogP contribution in [0.4, 0.5) is 0 Å². The zero-order chi connectivity index (χ0) is 21.8. The van der Waals surface area contributed by atoms with E-state index < -0.39 is 0 Å². The van der Waals surface area contributed by atoms with Crippen molar-refractivity contribution in [2.75, 3.05) is 0 Å². The van der Waals surface area contributed by atoms with E-state index in [1.807, 2.05) is 13.8 Å². The van der Waals surface area contributed by atoms with Crippen LogP contribution in [0, 0.1) is 0 Å². The topological polar surface area (TPSA) is 60.5 Å². The van der Waals surface area contributed by atoms with Crippen LogP contribution in [0.2, 0.25) is 0 Å². The molecular formula is C26H31N3O2. The summed E-state index contributed by atoms with van der Waals surface area (Å²) < 4.78 is 5.70. The number of rotatable bonds is 9. The summed E-state index contributed by atoms with van der Waals surface area (Å²) in [5.74, 6) is 1.77. The molecule has 0 atom stereocenters. The molecule has 0 fully saturated rings. The van der Waals surface area contributed by atoms with Crippen LogP contribution < -0.4 is 0 Å². The molecule has 1 aliphatic carbocycles. The van der Waals surface area contributed by atoms with E-state index in [-0.39, 0.29) is 12.0 Å². The summed E-state index contributed by atoms with van der Waals surface area (Å²) in [5, 5.41) is 12.8. The Hall–Kier alpha value is -2.95. The molecule has 0 saturated heterocycles. The smallest absolute Gasteiger partial charge is 0.219 e. The highest BCUT2D eigenvalue weighted by atomic mass is 16.6. The number of hydrogen-bond donors (Lipinski definition) is 0. The molecule has 2 aromatic carbocycles. The van der Waals surface area contributed by atoms with Crippen molar-refractivity contribution in [3.63, 3.8) is 0 Å². The quantitative estimate of drug-likeness (QED) is 0.237. The van der Waals surface area contributed by atoms with Crippen molar-refractivity contribution in [3.8, 4) is 11.1 Å². The summed E-state index contributed by atoms with van der Waals surface area (Å²) in [7, 11) is 0. The Kier molecular flexibility index (Phi) is 6.50. The minimum absolute atomic E-state index is 0.0577. The molecule has 0 bridgehead atoms. The standard InChI is InChI=1S/C26H31N3O2/c1-17(2)26-28-27-24(30-26)13-7-5-6-10-19-14-15-21-20-11-8-9-12-22(20)25(23(21)16-19)29-31-18(3)4/h8-9,11-12,14-18H,5-7,10,13H2,1-4H3/b29-25-. The van der Waals surface area contributed by atoms with Gasteiger partial charge in [0.25, 0.3) is 0 Å². The van der Waals surface area contributed by atoms with Crippen molar-refractivity contribution >= 4 is 5.71 Å². The molecule has 0 aliphatic heterocycles. The average molecular weight is 418 g/mol. The zero-order valence-corrected chi connectivity index (χ0v) is 18.9. The largest absolute Gasteiger partial charge is 0.425 e. The van der Waals surface area contributed by atoms with E-state index in [1.54, 1.807) is 0 Å². The molecule has 31 heavy (non-hydrogen) atoms. The predicted octanol–water partition coefficient (Wildman–Crippen LogP) is 6.31. The molecule has 3 aromatic rings. The summed E-state index contributed by atoms with van der Waals surface area (Å²) >= 11 is 0. The van der Waals surface area contributed by atoms with Gasteiger partial charge in [0.1, 0.15) is 11.8 Å².